The van der Waals surface area contributed by atoms with Gasteiger partial charge in [0, 0.05) is 19.1 Å². The first-order valence-electron chi connectivity index (χ1n) is 7.19. The number of cyclic esters (lactones) is 1. The van der Waals surface area contributed by atoms with Crippen LogP contribution in [0.2, 0.25) is 0 Å². The van der Waals surface area contributed by atoms with Crippen molar-refractivity contribution < 1.29 is 9.53 Å². The van der Waals surface area contributed by atoms with E-state index in [1.54, 1.807) is 0 Å². The Kier molecular flexibility index (Phi) is 5.26. The smallest absolute Gasteiger partial charge is 0.407 e. The summed E-state index contributed by atoms with van der Waals surface area (Å²) < 4.78 is 5.23. The standard InChI is InChI=1S/C13H25N3O2/c1-2-6-14-8-11-5-3-4-7-16(11)10-12-9-15-13(17)18-12/h11-12,14H,2-10H2,1H3,(H,15,17). The van der Waals surface area contributed by atoms with E-state index in [4.69, 9.17) is 4.74 Å². The molecule has 0 bridgehead atoms. The zero-order valence-corrected chi connectivity index (χ0v) is 11.3. The summed E-state index contributed by atoms with van der Waals surface area (Å²) in [5.74, 6) is 0. The van der Waals surface area contributed by atoms with Crippen molar-refractivity contribution in [3.8, 4) is 0 Å². The van der Waals surface area contributed by atoms with Gasteiger partial charge in [-0.2, -0.15) is 0 Å². The van der Waals surface area contributed by atoms with E-state index in [0.29, 0.717) is 12.6 Å². The van der Waals surface area contributed by atoms with Crippen molar-refractivity contribution >= 4 is 6.09 Å². The van der Waals surface area contributed by atoms with Crippen LogP contribution in [-0.2, 0) is 4.74 Å². The molecule has 2 rings (SSSR count). The number of hydrogen-bond donors (Lipinski definition) is 2. The van der Waals surface area contributed by atoms with E-state index in [-0.39, 0.29) is 12.2 Å². The molecule has 1 amide bonds. The molecule has 0 aromatic heterocycles. The van der Waals surface area contributed by atoms with E-state index in [1.165, 1.54) is 25.7 Å². The minimum atomic E-state index is -0.266. The van der Waals surface area contributed by atoms with Crippen molar-refractivity contribution in [2.75, 3.05) is 32.7 Å². The van der Waals surface area contributed by atoms with Gasteiger partial charge in [-0.15, -0.1) is 0 Å². The third-order valence-corrected chi connectivity index (χ3v) is 3.74. The fourth-order valence-electron chi connectivity index (χ4n) is 2.77. The fourth-order valence-corrected chi connectivity index (χ4v) is 2.77. The SMILES string of the molecule is CCCNCC1CCCCN1CC1CNC(=O)O1. The van der Waals surface area contributed by atoms with E-state index < -0.39 is 0 Å². The second-order valence-corrected chi connectivity index (χ2v) is 5.26. The molecular formula is C13H25N3O2. The lowest BCUT2D eigenvalue weighted by Gasteiger charge is -2.36. The molecule has 18 heavy (non-hydrogen) atoms. The number of rotatable bonds is 6. The number of ether oxygens (including phenoxy) is 1. The van der Waals surface area contributed by atoms with E-state index in [9.17, 15) is 4.79 Å². The lowest BCUT2D eigenvalue weighted by atomic mass is 10.0. The van der Waals surface area contributed by atoms with Crippen LogP contribution >= 0.6 is 0 Å². The lowest BCUT2D eigenvalue weighted by Crippen LogP contribution is -2.48. The first-order valence-corrected chi connectivity index (χ1v) is 7.19. The molecule has 2 atom stereocenters. The Bertz CT molecular complexity index is 273. The summed E-state index contributed by atoms with van der Waals surface area (Å²) in [7, 11) is 0. The lowest BCUT2D eigenvalue weighted by molar-refractivity contribution is 0.0725. The summed E-state index contributed by atoms with van der Waals surface area (Å²) in [5, 5.41) is 6.23. The molecule has 2 saturated heterocycles. The topological polar surface area (TPSA) is 53.6 Å². The summed E-state index contributed by atoms with van der Waals surface area (Å²) in [6.07, 6.45) is 4.78. The number of piperidine rings is 1. The Morgan fingerprint density at radius 1 is 1.50 bits per heavy atom. The van der Waals surface area contributed by atoms with Crippen LogP contribution in [0.5, 0.6) is 0 Å². The molecule has 0 aromatic rings. The highest BCUT2D eigenvalue weighted by molar-refractivity contribution is 5.69. The number of nitrogens with one attached hydrogen (secondary N) is 2. The highest BCUT2D eigenvalue weighted by Gasteiger charge is 2.29. The Morgan fingerprint density at radius 2 is 2.39 bits per heavy atom. The molecule has 2 aliphatic rings. The number of carbonyl (C=O) groups is 1. The highest BCUT2D eigenvalue weighted by Crippen LogP contribution is 2.18. The Morgan fingerprint density at radius 3 is 3.11 bits per heavy atom. The van der Waals surface area contributed by atoms with Gasteiger partial charge in [-0.1, -0.05) is 13.3 Å². The predicted molar refractivity (Wildman–Crippen MR) is 70.6 cm³/mol. The van der Waals surface area contributed by atoms with Crippen LogP contribution in [0.3, 0.4) is 0 Å². The zero-order chi connectivity index (χ0) is 12.8. The molecule has 2 unspecified atom stereocenters. The molecule has 2 fully saturated rings. The van der Waals surface area contributed by atoms with E-state index in [0.717, 1.165) is 26.2 Å². The van der Waals surface area contributed by atoms with Gasteiger partial charge in [0.2, 0.25) is 0 Å². The van der Waals surface area contributed by atoms with Gasteiger partial charge in [0.1, 0.15) is 6.10 Å². The van der Waals surface area contributed by atoms with E-state index in [2.05, 4.69) is 22.5 Å². The molecule has 5 heteroatoms. The molecule has 2 N–H and O–H groups in total. The molecule has 2 heterocycles. The number of likely N-dealkylation sites (tertiary alicyclic amines) is 1. The van der Waals surface area contributed by atoms with Crippen LogP contribution in [0.15, 0.2) is 0 Å². The third kappa shape index (κ3) is 3.85. The molecule has 0 aliphatic carbocycles. The largest absolute Gasteiger partial charge is 0.443 e. The predicted octanol–water partition coefficient (Wildman–Crippen LogP) is 0.949. The third-order valence-electron chi connectivity index (χ3n) is 3.74. The second kappa shape index (κ2) is 6.95. The average Bonchev–Trinajstić information content (AvgIpc) is 2.77. The molecule has 5 nitrogen and oxygen atoms in total. The van der Waals surface area contributed by atoms with Crippen molar-refractivity contribution in [2.24, 2.45) is 0 Å². The van der Waals surface area contributed by atoms with Crippen LogP contribution in [-0.4, -0.2) is 55.9 Å². The summed E-state index contributed by atoms with van der Waals surface area (Å²) in [6, 6.07) is 0.601. The quantitative estimate of drug-likeness (QED) is 0.694. The molecule has 0 spiro atoms. The van der Waals surface area contributed by atoms with Crippen molar-refractivity contribution in [3.63, 3.8) is 0 Å². The first kappa shape index (κ1) is 13.6. The van der Waals surface area contributed by atoms with Crippen molar-refractivity contribution in [1.82, 2.24) is 15.5 Å². The van der Waals surface area contributed by atoms with Crippen molar-refractivity contribution in [2.45, 2.75) is 44.8 Å². The maximum absolute atomic E-state index is 11.0. The Labute approximate surface area is 109 Å². The molecule has 104 valence electrons. The highest BCUT2D eigenvalue weighted by atomic mass is 16.6. The summed E-state index contributed by atoms with van der Waals surface area (Å²) >= 11 is 0. The molecular weight excluding hydrogens is 230 g/mol. The molecule has 0 aromatic carbocycles. The van der Waals surface area contributed by atoms with Gasteiger partial charge in [0.15, 0.2) is 0 Å². The van der Waals surface area contributed by atoms with Crippen LogP contribution in [0, 0.1) is 0 Å². The van der Waals surface area contributed by atoms with E-state index >= 15 is 0 Å². The number of hydrogen-bond acceptors (Lipinski definition) is 4. The number of carbonyl (C=O) groups excluding carboxylic acids is 1. The number of alkyl carbamates (subject to hydrolysis) is 1. The van der Waals surface area contributed by atoms with Crippen LogP contribution < -0.4 is 10.6 Å². The minimum Gasteiger partial charge on any atom is -0.443 e. The first-order chi connectivity index (χ1) is 8.79. The normalized spacial score (nSPS) is 29.1. The second-order valence-electron chi connectivity index (χ2n) is 5.26. The molecule has 0 saturated carbocycles. The van der Waals surface area contributed by atoms with Gasteiger partial charge in [-0.05, 0) is 32.4 Å². The summed E-state index contributed by atoms with van der Waals surface area (Å²) in [6.45, 7) is 7.00. The van der Waals surface area contributed by atoms with Crippen molar-refractivity contribution in [3.05, 3.63) is 0 Å². The Balaban J connectivity index is 1.77. The van der Waals surface area contributed by atoms with Crippen molar-refractivity contribution in [1.29, 1.82) is 0 Å². The van der Waals surface area contributed by atoms with Gasteiger partial charge in [0.05, 0.1) is 6.54 Å². The van der Waals surface area contributed by atoms with Gasteiger partial charge >= 0.3 is 6.09 Å². The average molecular weight is 255 g/mol. The summed E-state index contributed by atoms with van der Waals surface area (Å²) in [4.78, 5) is 13.5. The van der Waals surface area contributed by atoms with E-state index in [1.807, 2.05) is 0 Å². The molecule has 0 radical (unpaired) electrons. The van der Waals surface area contributed by atoms with Crippen LogP contribution in [0.1, 0.15) is 32.6 Å². The maximum Gasteiger partial charge on any atom is 0.407 e. The summed E-state index contributed by atoms with van der Waals surface area (Å²) in [5.41, 5.74) is 0. The van der Waals surface area contributed by atoms with Gasteiger partial charge < -0.3 is 15.4 Å². The van der Waals surface area contributed by atoms with Gasteiger partial charge in [0.25, 0.3) is 0 Å². The van der Waals surface area contributed by atoms with Gasteiger partial charge in [-0.25, -0.2) is 4.79 Å². The van der Waals surface area contributed by atoms with Gasteiger partial charge in [-0.3, -0.25) is 4.90 Å². The minimum absolute atomic E-state index is 0.0317. The maximum atomic E-state index is 11.0. The Hall–Kier alpha value is -0.810. The monoisotopic (exact) mass is 255 g/mol. The molecule has 2 aliphatic heterocycles. The van der Waals surface area contributed by atoms with Crippen LogP contribution in [0.4, 0.5) is 4.79 Å². The number of nitrogens with zero attached hydrogens (tertiary/aromatic N) is 1. The zero-order valence-electron chi connectivity index (χ0n) is 11.3. The number of amides is 1. The fraction of sp³-hybridized carbons (Fsp3) is 0.923. The van der Waals surface area contributed by atoms with Crippen LogP contribution in [0.25, 0.3) is 0 Å².